The van der Waals surface area contributed by atoms with Gasteiger partial charge in [0.05, 0.1) is 6.61 Å². The van der Waals surface area contributed by atoms with Crippen molar-refractivity contribution in [3.05, 3.63) is 65.7 Å². The lowest BCUT2D eigenvalue weighted by Crippen LogP contribution is -2.24. The van der Waals surface area contributed by atoms with Gasteiger partial charge in [0.25, 0.3) is 0 Å². The first kappa shape index (κ1) is 19.7. The van der Waals surface area contributed by atoms with E-state index in [2.05, 4.69) is 0 Å². The number of ether oxygens (including phenoxy) is 2. The van der Waals surface area contributed by atoms with Crippen molar-refractivity contribution in [1.82, 2.24) is 0 Å². The van der Waals surface area contributed by atoms with Crippen LogP contribution in [-0.2, 0) is 20.9 Å². The van der Waals surface area contributed by atoms with Gasteiger partial charge in [0.15, 0.2) is 0 Å². The Kier molecular flexibility index (Phi) is 7.87. The van der Waals surface area contributed by atoms with Crippen molar-refractivity contribution in [2.45, 2.75) is 39.7 Å². The summed E-state index contributed by atoms with van der Waals surface area (Å²) < 4.78 is 11.0. The summed E-state index contributed by atoms with van der Waals surface area (Å²) in [5.41, 5.74) is 2.10. The summed E-state index contributed by atoms with van der Waals surface area (Å²) in [4.78, 5) is 24.0. The van der Waals surface area contributed by atoms with Crippen molar-refractivity contribution < 1.29 is 19.1 Å². The van der Waals surface area contributed by atoms with Gasteiger partial charge >= 0.3 is 5.97 Å². The maximum atomic E-state index is 12.2. The fourth-order valence-corrected chi connectivity index (χ4v) is 2.59. The minimum absolute atomic E-state index is 0.150. The maximum absolute atomic E-state index is 12.2. The Balaban J connectivity index is 1.70. The number of aryl methyl sites for hydroxylation is 1. The zero-order valence-electron chi connectivity index (χ0n) is 15.4. The molecule has 26 heavy (non-hydrogen) atoms. The highest BCUT2D eigenvalue weighted by Gasteiger charge is 2.24. The Morgan fingerprint density at radius 1 is 0.962 bits per heavy atom. The van der Waals surface area contributed by atoms with Gasteiger partial charge < -0.3 is 9.47 Å². The average molecular weight is 354 g/mol. The molecule has 1 unspecified atom stereocenters. The summed E-state index contributed by atoms with van der Waals surface area (Å²) in [6.07, 6.45) is 2.00. The van der Waals surface area contributed by atoms with E-state index in [9.17, 15) is 9.59 Å². The van der Waals surface area contributed by atoms with Crippen LogP contribution in [0.2, 0.25) is 0 Å². The molecule has 0 bridgehead atoms. The largest absolute Gasteiger partial charge is 0.494 e. The third-order valence-electron chi connectivity index (χ3n) is 4.18. The molecule has 0 aliphatic heterocycles. The number of carbonyl (C=O) groups excluding carboxylic acids is 2. The predicted molar refractivity (Wildman–Crippen MR) is 101 cm³/mol. The van der Waals surface area contributed by atoms with Crippen molar-refractivity contribution in [3.8, 4) is 5.75 Å². The van der Waals surface area contributed by atoms with Gasteiger partial charge in [0.2, 0.25) is 0 Å². The van der Waals surface area contributed by atoms with Gasteiger partial charge in [0.1, 0.15) is 24.1 Å². The number of ketones is 1. The van der Waals surface area contributed by atoms with E-state index >= 15 is 0 Å². The van der Waals surface area contributed by atoms with Crippen LogP contribution in [0.4, 0.5) is 0 Å². The fraction of sp³-hybridized carbons (Fsp3) is 0.364. The van der Waals surface area contributed by atoms with Crippen molar-refractivity contribution in [2.75, 3.05) is 6.61 Å². The second kappa shape index (κ2) is 10.4. The Labute approximate surface area is 155 Å². The molecule has 2 aromatic carbocycles. The normalized spacial score (nSPS) is 11.6. The van der Waals surface area contributed by atoms with Crippen LogP contribution in [0.15, 0.2) is 54.6 Å². The number of unbranched alkanes of at least 4 members (excludes halogenated alkanes) is 1. The summed E-state index contributed by atoms with van der Waals surface area (Å²) in [5, 5.41) is 0. The molecule has 0 radical (unpaired) electrons. The highest BCUT2D eigenvalue weighted by molar-refractivity contribution is 5.97. The molecule has 0 fully saturated rings. The van der Waals surface area contributed by atoms with E-state index in [0.29, 0.717) is 13.0 Å². The predicted octanol–water partition coefficient (Wildman–Crippen LogP) is 4.49. The zero-order valence-corrected chi connectivity index (χ0v) is 15.4. The van der Waals surface area contributed by atoms with Crippen molar-refractivity contribution in [1.29, 1.82) is 0 Å². The number of benzene rings is 2. The lowest BCUT2D eigenvalue weighted by atomic mass is 9.98. The highest BCUT2D eigenvalue weighted by Crippen LogP contribution is 2.15. The van der Waals surface area contributed by atoms with E-state index in [1.54, 1.807) is 0 Å². The van der Waals surface area contributed by atoms with Crippen LogP contribution >= 0.6 is 0 Å². The van der Waals surface area contributed by atoms with Gasteiger partial charge in [-0.1, -0.05) is 48.0 Å². The van der Waals surface area contributed by atoms with E-state index in [1.807, 2.05) is 61.5 Å². The maximum Gasteiger partial charge on any atom is 0.316 e. The topological polar surface area (TPSA) is 52.6 Å². The molecule has 2 aromatic rings. The summed E-state index contributed by atoms with van der Waals surface area (Å²) >= 11 is 0. The SMILES string of the molecule is CC(=O)C(CCCCOc1ccc(C)cc1)C(=O)OCc1ccccc1. The molecule has 0 saturated carbocycles. The second-order valence-electron chi connectivity index (χ2n) is 6.41. The van der Waals surface area contributed by atoms with Crippen LogP contribution in [-0.4, -0.2) is 18.4 Å². The molecular weight excluding hydrogens is 328 g/mol. The zero-order chi connectivity index (χ0) is 18.8. The lowest BCUT2D eigenvalue weighted by molar-refractivity contribution is -0.153. The Bertz CT molecular complexity index is 692. The van der Waals surface area contributed by atoms with Crippen molar-refractivity contribution in [2.24, 2.45) is 5.92 Å². The molecule has 138 valence electrons. The number of carbonyl (C=O) groups is 2. The monoisotopic (exact) mass is 354 g/mol. The molecule has 2 rings (SSSR count). The Morgan fingerprint density at radius 2 is 1.65 bits per heavy atom. The molecule has 4 nitrogen and oxygen atoms in total. The molecule has 0 saturated heterocycles. The summed E-state index contributed by atoms with van der Waals surface area (Å²) in [6.45, 7) is 4.23. The Hall–Kier alpha value is -2.62. The number of hydrogen-bond donors (Lipinski definition) is 0. The minimum atomic E-state index is -0.696. The van der Waals surface area contributed by atoms with Crippen LogP contribution in [0.5, 0.6) is 5.75 Å². The van der Waals surface area contributed by atoms with E-state index < -0.39 is 11.9 Å². The summed E-state index contributed by atoms with van der Waals surface area (Å²) in [6, 6.07) is 17.3. The van der Waals surface area contributed by atoms with E-state index in [0.717, 1.165) is 24.2 Å². The van der Waals surface area contributed by atoms with Crippen molar-refractivity contribution in [3.63, 3.8) is 0 Å². The quantitative estimate of drug-likeness (QED) is 0.358. The van der Waals surface area contributed by atoms with Crippen LogP contribution in [0, 0.1) is 12.8 Å². The van der Waals surface area contributed by atoms with Gasteiger partial charge in [-0.15, -0.1) is 0 Å². The number of hydrogen-bond acceptors (Lipinski definition) is 4. The molecule has 0 N–H and O–H groups in total. The molecule has 0 heterocycles. The van der Waals surface area contributed by atoms with Crippen LogP contribution in [0.25, 0.3) is 0 Å². The molecular formula is C22H26O4. The third kappa shape index (κ3) is 6.71. The van der Waals surface area contributed by atoms with E-state index in [4.69, 9.17) is 9.47 Å². The Morgan fingerprint density at radius 3 is 2.31 bits per heavy atom. The molecule has 1 atom stereocenters. The van der Waals surface area contributed by atoms with Gasteiger partial charge in [-0.3, -0.25) is 9.59 Å². The molecule has 0 aliphatic rings. The van der Waals surface area contributed by atoms with Crippen LogP contribution in [0.3, 0.4) is 0 Å². The first-order valence-corrected chi connectivity index (χ1v) is 8.97. The van der Waals surface area contributed by atoms with E-state index in [1.165, 1.54) is 12.5 Å². The lowest BCUT2D eigenvalue weighted by Gasteiger charge is -2.13. The van der Waals surface area contributed by atoms with Crippen LogP contribution in [0.1, 0.15) is 37.3 Å². The standard InChI is InChI=1S/C22H26O4/c1-17-11-13-20(14-12-17)25-15-7-6-10-21(18(2)23)22(24)26-16-19-8-4-3-5-9-19/h3-5,8-9,11-14,21H,6-7,10,15-16H2,1-2H3. The van der Waals surface area contributed by atoms with Gasteiger partial charge in [-0.05, 0) is 50.8 Å². The number of Topliss-reactive ketones (excluding diaryl/α,β-unsaturated/α-hetero) is 1. The second-order valence-corrected chi connectivity index (χ2v) is 6.41. The highest BCUT2D eigenvalue weighted by atomic mass is 16.5. The molecule has 0 aliphatic carbocycles. The fourth-order valence-electron chi connectivity index (χ4n) is 2.59. The van der Waals surface area contributed by atoms with Gasteiger partial charge in [0, 0.05) is 0 Å². The molecule has 0 amide bonds. The molecule has 0 aromatic heterocycles. The summed E-state index contributed by atoms with van der Waals surface area (Å²) in [5.74, 6) is -0.456. The van der Waals surface area contributed by atoms with Crippen molar-refractivity contribution >= 4 is 11.8 Å². The molecule has 0 spiro atoms. The molecule has 4 heteroatoms. The first-order chi connectivity index (χ1) is 12.6. The minimum Gasteiger partial charge on any atom is -0.494 e. The third-order valence-corrected chi connectivity index (χ3v) is 4.18. The first-order valence-electron chi connectivity index (χ1n) is 8.97. The van der Waals surface area contributed by atoms with Gasteiger partial charge in [-0.2, -0.15) is 0 Å². The number of rotatable bonds is 10. The van der Waals surface area contributed by atoms with Gasteiger partial charge in [-0.25, -0.2) is 0 Å². The summed E-state index contributed by atoms with van der Waals surface area (Å²) in [7, 11) is 0. The number of esters is 1. The van der Waals surface area contributed by atoms with E-state index in [-0.39, 0.29) is 12.4 Å². The van der Waals surface area contributed by atoms with Crippen LogP contribution < -0.4 is 4.74 Å². The smallest absolute Gasteiger partial charge is 0.316 e. The average Bonchev–Trinajstić information content (AvgIpc) is 2.64.